The molecular weight excluding hydrogens is 290 g/mol. The summed E-state index contributed by atoms with van der Waals surface area (Å²) in [6.07, 6.45) is 8.04. The van der Waals surface area contributed by atoms with E-state index in [0.717, 1.165) is 51.5 Å². The predicted molar refractivity (Wildman–Crippen MR) is 92.1 cm³/mol. The lowest BCUT2D eigenvalue weighted by Gasteiger charge is -2.37. The number of nitrogens with one attached hydrogen (secondary N) is 1. The van der Waals surface area contributed by atoms with Gasteiger partial charge in [-0.25, -0.2) is 0 Å². The molecule has 1 aliphatic carbocycles. The Morgan fingerprint density at radius 3 is 2.39 bits per heavy atom. The SMILES string of the molecule is CCCNC(=O)C(C)N1CCN(C(=O)CCC2CCCC2)CC1. The molecule has 2 aliphatic rings. The van der Waals surface area contributed by atoms with E-state index in [2.05, 4.69) is 17.1 Å². The summed E-state index contributed by atoms with van der Waals surface area (Å²) in [5.74, 6) is 1.19. The van der Waals surface area contributed by atoms with Crippen LogP contribution in [0.15, 0.2) is 0 Å². The zero-order valence-electron chi connectivity index (χ0n) is 14.9. The molecule has 5 nitrogen and oxygen atoms in total. The van der Waals surface area contributed by atoms with Gasteiger partial charge in [-0.1, -0.05) is 32.6 Å². The van der Waals surface area contributed by atoms with Crippen molar-refractivity contribution in [2.75, 3.05) is 32.7 Å². The number of carbonyl (C=O) groups is 2. The molecule has 1 heterocycles. The maximum Gasteiger partial charge on any atom is 0.237 e. The van der Waals surface area contributed by atoms with Crippen LogP contribution < -0.4 is 5.32 Å². The third-order valence-corrected chi connectivity index (χ3v) is 5.38. The summed E-state index contributed by atoms with van der Waals surface area (Å²) in [6.45, 7) is 7.88. The molecule has 1 unspecified atom stereocenters. The number of hydrogen-bond donors (Lipinski definition) is 1. The van der Waals surface area contributed by atoms with E-state index in [1.54, 1.807) is 0 Å². The Balaban J connectivity index is 1.68. The maximum absolute atomic E-state index is 12.3. The molecule has 132 valence electrons. The van der Waals surface area contributed by atoms with Crippen LogP contribution in [0.4, 0.5) is 0 Å². The Kier molecular flexibility index (Phi) is 7.34. The maximum atomic E-state index is 12.3. The minimum Gasteiger partial charge on any atom is -0.355 e. The molecule has 0 radical (unpaired) electrons. The molecule has 23 heavy (non-hydrogen) atoms. The van der Waals surface area contributed by atoms with E-state index in [1.165, 1.54) is 25.7 Å². The van der Waals surface area contributed by atoms with Crippen molar-refractivity contribution in [2.24, 2.45) is 5.92 Å². The van der Waals surface area contributed by atoms with Crippen LogP contribution in [-0.4, -0.2) is 60.4 Å². The summed E-state index contributed by atoms with van der Waals surface area (Å²) in [4.78, 5) is 28.5. The Hall–Kier alpha value is -1.10. The van der Waals surface area contributed by atoms with Gasteiger partial charge in [0.25, 0.3) is 0 Å². The van der Waals surface area contributed by atoms with Gasteiger partial charge in [0.15, 0.2) is 0 Å². The third-order valence-electron chi connectivity index (χ3n) is 5.38. The topological polar surface area (TPSA) is 52.7 Å². The van der Waals surface area contributed by atoms with Crippen molar-refractivity contribution in [2.45, 2.75) is 64.8 Å². The number of rotatable bonds is 7. The average Bonchev–Trinajstić information content (AvgIpc) is 3.10. The van der Waals surface area contributed by atoms with Crippen LogP contribution in [0.5, 0.6) is 0 Å². The second-order valence-electron chi connectivity index (χ2n) is 7.07. The number of hydrogen-bond acceptors (Lipinski definition) is 3. The molecule has 0 aromatic rings. The first-order chi connectivity index (χ1) is 11.1. The van der Waals surface area contributed by atoms with Gasteiger partial charge in [-0.15, -0.1) is 0 Å². The lowest BCUT2D eigenvalue weighted by atomic mass is 10.0. The molecule has 0 aromatic heterocycles. The van der Waals surface area contributed by atoms with Crippen molar-refractivity contribution in [3.63, 3.8) is 0 Å². The van der Waals surface area contributed by atoms with Crippen LogP contribution in [0, 0.1) is 5.92 Å². The number of piperazine rings is 1. The first-order valence-electron chi connectivity index (χ1n) is 9.41. The van der Waals surface area contributed by atoms with Crippen molar-refractivity contribution in [1.82, 2.24) is 15.1 Å². The highest BCUT2D eigenvalue weighted by Gasteiger charge is 2.27. The van der Waals surface area contributed by atoms with Crippen LogP contribution in [0.2, 0.25) is 0 Å². The van der Waals surface area contributed by atoms with E-state index in [1.807, 2.05) is 11.8 Å². The molecule has 1 atom stereocenters. The van der Waals surface area contributed by atoms with Crippen LogP contribution >= 0.6 is 0 Å². The zero-order valence-corrected chi connectivity index (χ0v) is 14.9. The molecule has 1 saturated carbocycles. The van der Waals surface area contributed by atoms with Crippen molar-refractivity contribution in [1.29, 1.82) is 0 Å². The highest BCUT2D eigenvalue weighted by Crippen LogP contribution is 2.28. The molecule has 1 aliphatic heterocycles. The minimum absolute atomic E-state index is 0.0997. The van der Waals surface area contributed by atoms with Crippen LogP contribution in [0.25, 0.3) is 0 Å². The van der Waals surface area contributed by atoms with Gasteiger partial charge in [0.2, 0.25) is 11.8 Å². The van der Waals surface area contributed by atoms with Crippen LogP contribution in [0.3, 0.4) is 0 Å². The first-order valence-corrected chi connectivity index (χ1v) is 9.41. The first kappa shape index (κ1) is 18.2. The summed E-state index contributed by atoms with van der Waals surface area (Å²) in [6, 6.07) is -0.0997. The highest BCUT2D eigenvalue weighted by molar-refractivity contribution is 5.81. The molecule has 0 bridgehead atoms. The van der Waals surface area contributed by atoms with Crippen molar-refractivity contribution >= 4 is 11.8 Å². The highest BCUT2D eigenvalue weighted by atomic mass is 16.2. The molecule has 2 rings (SSSR count). The molecule has 2 amide bonds. The van der Waals surface area contributed by atoms with Gasteiger partial charge in [-0.3, -0.25) is 14.5 Å². The quantitative estimate of drug-likeness (QED) is 0.780. The smallest absolute Gasteiger partial charge is 0.237 e. The Bertz CT molecular complexity index is 386. The fourth-order valence-electron chi connectivity index (χ4n) is 3.71. The Morgan fingerprint density at radius 1 is 1.13 bits per heavy atom. The van der Waals surface area contributed by atoms with Gasteiger partial charge >= 0.3 is 0 Å². The lowest BCUT2D eigenvalue weighted by Crippen LogP contribution is -2.55. The second kappa shape index (κ2) is 9.26. The molecule has 1 N–H and O–H groups in total. The average molecular weight is 323 g/mol. The third kappa shape index (κ3) is 5.48. The van der Waals surface area contributed by atoms with Gasteiger partial charge in [0, 0.05) is 39.1 Å². The fraction of sp³-hybridized carbons (Fsp3) is 0.889. The normalized spacial score (nSPS) is 21.4. The predicted octanol–water partition coefficient (Wildman–Crippen LogP) is 2.02. The molecule has 1 saturated heterocycles. The van der Waals surface area contributed by atoms with Crippen molar-refractivity contribution in [3.8, 4) is 0 Å². The summed E-state index contributed by atoms with van der Waals surface area (Å²) >= 11 is 0. The van der Waals surface area contributed by atoms with Gasteiger partial charge in [-0.05, 0) is 25.7 Å². The van der Waals surface area contributed by atoms with Crippen molar-refractivity contribution in [3.05, 3.63) is 0 Å². The summed E-state index contributed by atoms with van der Waals surface area (Å²) in [5, 5.41) is 2.95. The van der Waals surface area contributed by atoms with Crippen molar-refractivity contribution < 1.29 is 9.59 Å². The monoisotopic (exact) mass is 323 g/mol. The van der Waals surface area contributed by atoms with Crippen LogP contribution in [0.1, 0.15) is 58.8 Å². The molecular formula is C18H33N3O2. The summed E-state index contributed by atoms with van der Waals surface area (Å²) in [5.41, 5.74) is 0. The summed E-state index contributed by atoms with van der Waals surface area (Å²) in [7, 11) is 0. The van der Waals surface area contributed by atoms with Gasteiger partial charge in [0.1, 0.15) is 0 Å². The minimum atomic E-state index is -0.0997. The molecule has 5 heteroatoms. The lowest BCUT2D eigenvalue weighted by molar-refractivity contribution is -0.134. The van der Waals surface area contributed by atoms with Gasteiger partial charge in [-0.2, -0.15) is 0 Å². The summed E-state index contributed by atoms with van der Waals surface area (Å²) < 4.78 is 0. The van der Waals surface area contributed by atoms with E-state index >= 15 is 0 Å². The Labute approximate surface area is 140 Å². The van der Waals surface area contributed by atoms with Gasteiger partial charge in [0.05, 0.1) is 6.04 Å². The number of carbonyl (C=O) groups excluding carboxylic acids is 2. The van der Waals surface area contributed by atoms with Crippen LogP contribution in [-0.2, 0) is 9.59 Å². The standard InChI is InChI=1S/C18H33N3O2/c1-3-10-19-18(23)15(2)20-11-13-21(14-12-20)17(22)9-8-16-6-4-5-7-16/h15-16H,3-14H2,1-2H3,(H,19,23). The number of nitrogens with zero attached hydrogens (tertiary/aromatic N) is 2. The van der Waals surface area contributed by atoms with E-state index in [4.69, 9.17) is 0 Å². The van der Waals surface area contributed by atoms with E-state index < -0.39 is 0 Å². The molecule has 2 fully saturated rings. The fourth-order valence-corrected chi connectivity index (χ4v) is 3.71. The molecule has 0 spiro atoms. The van der Waals surface area contributed by atoms with E-state index in [0.29, 0.717) is 12.3 Å². The van der Waals surface area contributed by atoms with E-state index in [-0.39, 0.29) is 11.9 Å². The Morgan fingerprint density at radius 2 is 1.78 bits per heavy atom. The number of amides is 2. The zero-order chi connectivity index (χ0) is 16.7. The van der Waals surface area contributed by atoms with Gasteiger partial charge < -0.3 is 10.2 Å². The van der Waals surface area contributed by atoms with E-state index in [9.17, 15) is 9.59 Å². The largest absolute Gasteiger partial charge is 0.355 e. The molecule has 0 aromatic carbocycles. The second-order valence-corrected chi connectivity index (χ2v) is 7.07.